The second-order valence-corrected chi connectivity index (χ2v) is 4.46. The van der Waals surface area contributed by atoms with Crippen molar-refractivity contribution in [2.75, 3.05) is 0 Å². The molecule has 0 aromatic heterocycles. The van der Waals surface area contributed by atoms with Crippen LogP contribution in [-0.4, -0.2) is 0 Å². The Balaban J connectivity index is 0.000000202. The Hall–Kier alpha value is -0.157. The average molecular weight is 238 g/mol. The van der Waals surface area contributed by atoms with E-state index in [0.29, 0.717) is 0 Å². The van der Waals surface area contributed by atoms with Crippen LogP contribution in [0.5, 0.6) is 0 Å². The van der Waals surface area contributed by atoms with E-state index in [1.165, 1.54) is 6.42 Å². The number of hydrogen-bond acceptors (Lipinski definition) is 0. The summed E-state index contributed by atoms with van der Waals surface area (Å²) in [6.07, 6.45) is 7.69. The van der Waals surface area contributed by atoms with Crippen molar-refractivity contribution in [1.29, 1.82) is 0 Å². The van der Waals surface area contributed by atoms with Gasteiger partial charge in [0.15, 0.2) is 0 Å². The Kier molecular flexibility index (Phi) is 6.29. The van der Waals surface area contributed by atoms with E-state index in [-0.39, 0.29) is 0 Å². The van der Waals surface area contributed by atoms with Crippen LogP contribution in [-0.2, 0) is 24.7 Å². The van der Waals surface area contributed by atoms with E-state index in [1.54, 1.807) is 28.0 Å². The van der Waals surface area contributed by atoms with Crippen molar-refractivity contribution in [3.8, 4) is 0 Å². The van der Waals surface area contributed by atoms with Gasteiger partial charge in [-0.05, 0) is 13.8 Å². The van der Waals surface area contributed by atoms with Gasteiger partial charge in [-0.1, -0.05) is 24.3 Å². The molecule has 0 unspecified atom stereocenters. The van der Waals surface area contributed by atoms with Gasteiger partial charge in [-0.3, -0.25) is 0 Å². The molecule has 0 fully saturated rings. The van der Waals surface area contributed by atoms with Crippen LogP contribution >= 0.6 is 0 Å². The predicted molar refractivity (Wildman–Crippen MR) is 51.5 cm³/mol. The summed E-state index contributed by atoms with van der Waals surface area (Å²) in [5, 5.41) is 0. The fraction of sp³-hybridized carbons (Fsp3) is 0.273. The molecule has 0 heterocycles. The SMILES string of the molecule is C=C(C)C(=C)C.[Zr][C]1=CC=CC1. The zero-order chi connectivity index (χ0) is 9.56. The van der Waals surface area contributed by atoms with Gasteiger partial charge in [-0.15, -0.1) is 0 Å². The normalized spacial score (nSPS) is 12.9. The number of allylic oxidation sites excluding steroid dienone is 6. The van der Waals surface area contributed by atoms with Crippen LogP contribution in [0.3, 0.4) is 0 Å². The molecule has 0 saturated heterocycles. The standard InChI is InChI=1S/C6H10.C5H5.Zr/c1-5(2)6(3)4;1-2-4-5-3-1;/h1,3H2,2,4H3;1-3H,4H2;. The summed E-state index contributed by atoms with van der Waals surface area (Å²) in [6, 6.07) is 0. The minimum atomic E-state index is 1.06. The van der Waals surface area contributed by atoms with E-state index >= 15 is 0 Å². The third-order valence-corrected chi connectivity index (χ3v) is 2.41. The molecule has 1 aliphatic rings. The maximum absolute atomic E-state index is 3.66. The van der Waals surface area contributed by atoms with Crippen molar-refractivity contribution in [1.82, 2.24) is 0 Å². The molecule has 0 amide bonds. The van der Waals surface area contributed by atoms with Gasteiger partial charge < -0.3 is 0 Å². The molecule has 0 atom stereocenters. The van der Waals surface area contributed by atoms with E-state index in [9.17, 15) is 0 Å². The molecule has 0 aliphatic heterocycles. The van der Waals surface area contributed by atoms with Crippen LogP contribution in [0.2, 0.25) is 0 Å². The van der Waals surface area contributed by atoms with Crippen molar-refractivity contribution < 1.29 is 24.7 Å². The topological polar surface area (TPSA) is 0 Å². The Morgan fingerprint density at radius 3 is 1.92 bits per heavy atom. The Morgan fingerprint density at radius 1 is 1.33 bits per heavy atom. The molecule has 1 heteroatoms. The first kappa shape index (κ1) is 11.8. The monoisotopic (exact) mass is 237 g/mol. The summed E-state index contributed by atoms with van der Waals surface area (Å²) in [4.78, 5) is 0. The average Bonchev–Trinajstić information content (AvgIpc) is 2.40. The maximum atomic E-state index is 3.66. The van der Waals surface area contributed by atoms with Gasteiger partial charge in [-0.2, -0.15) is 0 Å². The third kappa shape index (κ3) is 6.55. The second kappa shape index (κ2) is 6.37. The molecule has 1 aliphatic carbocycles. The van der Waals surface area contributed by atoms with Gasteiger partial charge in [0.25, 0.3) is 0 Å². The summed E-state index contributed by atoms with van der Waals surface area (Å²) in [5.74, 6) is 0. The van der Waals surface area contributed by atoms with E-state index in [0.717, 1.165) is 11.1 Å². The van der Waals surface area contributed by atoms with E-state index in [2.05, 4.69) is 31.4 Å². The summed E-state index contributed by atoms with van der Waals surface area (Å²) < 4.78 is 1.56. The molecule has 63 valence electrons. The molecule has 0 radical (unpaired) electrons. The zero-order valence-electron chi connectivity index (χ0n) is 7.85. The number of rotatable bonds is 1. The number of hydrogen-bond donors (Lipinski definition) is 0. The first-order valence-electron chi connectivity index (χ1n) is 3.92. The van der Waals surface area contributed by atoms with E-state index in [4.69, 9.17) is 0 Å². The molecule has 1 rings (SSSR count). The molecule has 0 aromatic carbocycles. The van der Waals surface area contributed by atoms with Gasteiger partial charge in [0.1, 0.15) is 0 Å². The summed E-state index contributed by atoms with van der Waals surface area (Å²) in [5.41, 5.74) is 2.13. The fourth-order valence-corrected chi connectivity index (χ4v) is 0.973. The summed E-state index contributed by atoms with van der Waals surface area (Å²) in [7, 11) is 0. The molecule has 0 aromatic rings. The van der Waals surface area contributed by atoms with Crippen molar-refractivity contribution in [3.05, 3.63) is 45.8 Å². The molecule has 0 nitrogen and oxygen atoms in total. The van der Waals surface area contributed by atoms with Gasteiger partial charge >= 0.3 is 52.6 Å². The minimum absolute atomic E-state index is 1.06. The third-order valence-electron chi connectivity index (χ3n) is 1.50. The molecular weight excluding hydrogens is 223 g/mol. The van der Waals surface area contributed by atoms with Gasteiger partial charge in [0, 0.05) is 0 Å². The molecule has 0 spiro atoms. The molecule has 0 bridgehead atoms. The zero-order valence-corrected chi connectivity index (χ0v) is 10.3. The van der Waals surface area contributed by atoms with Crippen molar-refractivity contribution in [2.45, 2.75) is 20.3 Å². The summed E-state index contributed by atoms with van der Waals surface area (Å²) in [6.45, 7) is 11.2. The van der Waals surface area contributed by atoms with Crippen LogP contribution < -0.4 is 0 Å². The molecule has 0 N–H and O–H groups in total. The van der Waals surface area contributed by atoms with Gasteiger partial charge in [0.2, 0.25) is 0 Å². The van der Waals surface area contributed by atoms with Crippen LogP contribution in [0.25, 0.3) is 0 Å². The van der Waals surface area contributed by atoms with Crippen molar-refractivity contribution in [2.24, 2.45) is 0 Å². The quantitative estimate of drug-likeness (QED) is 0.613. The van der Waals surface area contributed by atoms with Crippen LogP contribution in [0.1, 0.15) is 20.3 Å². The first-order valence-corrected chi connectivity index (χ1v) is 5.15. The Bertz CT molecular complexity index is 219. The van der Waals surface area contributed by atoms with E-state index < -0.39 is 0 Å². The Labute approximate surface area is 90.6 Å². The van der Waals surface area contributed by atoms with E-state index in [1.807, 2.05) is 13.8 Å². The second-order valence-electron chi connectivity index (χ2n) is 2.88. The summed E-state index contributed by atoms with van der Waals surface area (Å²) >= 11 is 1.56. The molecule has 0 saturated carbocycles. The first-order chi connectivity index (χ1) is 5.54. The van der Waals surface area contributed by atoms with Gasteiger partial charge in [-0.25, -0.2) is 0 Å². The fourth-order valence-electron chi connectivity index (χ4n) is 0.447. The van der Waals surface area contributed by atoms with Crippen LogP contribution in [0.15, 0.2) is 45.8 Å². The molecular formula is C11H15Zr. The van der Waals surface area contributed by atoms with Crippen molar-refractivity contribution in [3.63, 3.8) is 0 Å². The van der Waals surface area contributed by atoms with Crippen LogP contribution in [0.4, 0.5) is 0 Å². The van der Waals surface area contributed by atoms with Crippen molar-refractivity contribution >= 4 is 0 Å². The Morgan fingerprint density at radius 2 is 1.83 bits per heavy atom. The van der Waals surface area contributed by atoms with Crippen LogP contribution in [0, 0.1) is 0 Å². The molecule has 12 heavy (non-hydrogen) atoms. The predicted octanol–water partition coefficient (Wildman–Crippen LogP) is 3.52. The van der Waals surface area contributed by atoms with Gasteiger partial charge in [0.05, 0.1) is 0 Å².